The molecule has 0 aromatic heterocycles. The minimum absolute atomic E-state index is 0. The summed E-state index contributed by atoms with van der Waals surface area (Å²) < 4.78 is 5.55. The first-order valence-electron chi connectivity index (χ1n) is 7.82. The summed E-state index contributed by atoms with van der Waals surface area (Å²) in [6.07, 6.45) is 1.44. The molecule has 1 saturated heterocycles. The molecular formula is C17H29Cl2N3O2. The molecule has 1 aliphatic rings. The van der Waals surface area contributed by atoms with Crippen LogP contribution in [0.15, 0.2) is 24.3 Å². The monoisotopic (exact) mass is 377 g/mol. The zero-order valence-electron chi connectivity index (χ0n) is 14.6. The molecule has 0 spiro atoms. The van der Waals surface area contributed by atoms with Crippen LogP contribution in [0, 0.1) is 0 Å². The summed E-state index contributed by atoms with van der Waals surface area (Å²) >= 11 is 0. The van der Waals surface area contributed by atoms with Gasteiger partial charge in [-0.1, -0.05) is 24.3 Å². The number of rotatable bonds is 6. The summed E-state index contributed by atoms with van der Waals surface area (Å²) in [6.45, 7) is 3.08. The normalized spacial score (nSPS) is 16.0. The first kappa shape index (κ1) is 23.1. The fraction of sp³-hybridized carbons (Fsp3) is 0.588. The summed E-state index contributed by atoms with van der Waals surface area (Å²) in [7, 11) is 5.73. The number of methoxy groups -OCH3 is 1. The number of carbonyl (C=O) groups excluding carboxylic acids is 1. The van der Waals surface area contributed by atoms with E-state index in [4.69, 9.17) is 4.74 Å². The lowest BCUT2D eigenvalue weighted by atomic mass is 9.91. The molecule has 24 heavy (non-hydrogen) atoms. The van der Waals surface area contributed by atoms with Crippen molar-refractivity contribution in [2.75, 3.05) is 34.3 Å². The lowest BCUT2D eigenvalue weighted by Crippen LogP contribution is -2.53. The number of carbonyl (C=O) groups is 1. The zero-order valence-corrected chi connectivity index (χ0v) is 16.3. The van der Waals surface area contributed by atoms with Crippen LogP contribution >= 0.6 is 24.8 Å². The highest BCUT2D eigenvalue weighted by atomic mass is 35.5. The molecule has 1 aliphatic heterocycles. The lowest BCUT2D eigenvalue weighted by molar-refractivity contribution is -0.146. The Balaban J connectivity index is 0.00000264. The number of benzene rings is 1. The molecule has 0 saturated carbocycles. The van der Waals surface area contributed by atoms with Crippen molar-refractivity contribution in [3.8, 4) is 0 Å². The van der Waals surface area contributed by atoms with Gasteiger partial charge in [0.25, 0.3) is 5.91 Å². The maximum Gasteiger partial charge on any atom is 0.252 e. The first-order valence-corrected chi connectivity index (χ1v) is 7.82. The second kappa shape index (κ2) is 10.9. The van der Waals surface area contributed by atoms with Crippen LogP contribution in [-0.4, -0.2) is 50.7 Å². The van der Waals surface area contributed by atoms with Gasteiger partial charge in [-0.15, -0.1) is 24.8 Å². The Morgan fingerprint density at radius 1 is 1.25 bits per heavy atom. The van der Waals surface area contributed by atoms with Gasteiger partial charge in [0.05, 0.1) is 0 Å². The SMILES string of the molecule is COC1(C(=O)NCc2cccc(CN(C)C)c2)CCNCC1.Cl.Cl. The number of nitrogens with zero attached hydrogens (tertiary/aromatic N) is 1. The van der Waals surface area contributed by atoms with Gasteiger partial charge >= 0.3 is 0 Å². The molecule has 0 atom stereocenters. The van der Waals surface area contributed by atoms with Crippen molar-refractivity contribution in [2.45, 2.75) is 31.5 Å². The molecule has 1 amide bonds. The van der Waals surface area contributed by atoms with Crippen molar-refractivity contribution in [3.05, 3.63) is 35.4 Å². The Bertz CT molecular complexity index is 506. The number of ether oxygens (including phenoxy) is 1. The highest BCUT2D eigenvalue weighted by Gasteiger charge is 2.39. The molecule has 138 valence electrons. The molecule has 1 heterocycles. The van der Waals surface area contributed by atoms with Gasteiger partial charge in [-0.2, -0.15) is 0 Å². The number of nitrogens with one attached hydrogen (secondary N) is 2. The Kier molecular flexibility index (Phi) is 10.5. The van der Waals surface area contributed by atoms with Crippen molar-refractivity contribution in [1.29, 1.82) is 0 Å². The average molecular weight is 378 g/mol. The predicted molar refractivity (Wildman–Crippen MR) is 102 cm³/mol. The molecule has 1 aromatic rings. The number of hydrogen-bond donors (Lipinski definition) is 2. The molecule has 2 N–H and O–H groups in total. The van der Waals surface area contributed by atoms with Crippen LogP contribution in [0.4, 0.5) is 0 Å². The van der Waals surface area contributed by atoms with E-state index < -0.39 is 5.60 Å². The molecule has 1 fully saturated rings. The lowest BCUT2D eigenvalue weighted by Gasteiger charge is -2.34. The van der Waals surface area contributed by atoms with Crippen molar-refractivity contribution in [1.82, 2.24) is 15.5 Å². The second-order valence-electron chi connectivity index (χ2n) is 6.19. The molecule has 7 heteroatoms. The smallest absolute Gasteiger partial charge is 0.252 e. The number of amides is 1. The third-order valence-corrected chi connectivity index (χ3v) is 4.16. The van der Waals surface area contributed by atoms with Crippen LogP contribution in [0.5, 0.6) is 0 Å². The topological polar surface area (TPSA) is 53.6 Å². The van der Waals surface area contributed by atoms with E-state index in [1.807, 2.05) is 26.2 Å². The highest BCUT2D eigenvalue weighted by molar-refractivity contribution is 5.86. The summed E-state index contributed by atoms with van der Waals surface area (Å²) in [4.78, 5) is 14.6. The standard InChI is InChI=1S/C17H27N3O2.2ClH/c1-20(2)13-15-6-4-5-14(11-15)12-19-16(21)17(22-3)7-9-18-10-8-17;;/h4-6,11,18H,7-10,12-13H2,1-3H3,(H,19,21);2*1H. The molecule has 0 unspecified atom stereocenters. The molecule has 0 aliphatic carbocycles. The third-order valence-electron chi connectivity index (χ3n) is 4.16. The average Bonchev–Trinajstić information content (AvgIpc) is 2.53. The third kappa shape index (κ3) is 6.22. The molecule has 1 aromatic carbocycles. The summed E-state index contributed by atoms with van der Waals surface area (Å²) in [5.41, 5.74) is 1.69. The van der Waals surface area contributed by atoms with Crippen LogP contribution in [-0.2, 0) is 22.6 Å². The van der Waals surface area contributed by atoms with E-state index in [0.717, 1.165) is 38.0 Å². The van der Waals surface area contributed by atoms with E-state index in [1.54, 1.807) is 7.11 Å². The van der Waals surface area contributed by atoms with Gasteiger partial charge in [0, 0.05) is 20.2 Å². The van der Waals surface area contributed by atoms with Crippen LogP contribution in [0.25, 0.3) is 0 Å². The van der Waals surface area contributed by atoms with Crippen molar-refractivity contribution >= 4 is 30.7 Å². The number of halogens is 2. The van der Waals surface area contributed by atoms with E-state index in [9.17, 15) is 4.79 Å². The minimum Gasteiger partial charge on any atom is -0.368 e. The van der Waals surface area contributed by atoms with Crippen LogP contribution in [0.2, 0.25) is 0 Å². The molecule has 5 nitrogen and oxygen atoms in total. The van der Waals surface area contributed by atoms with Crippen LogP contribution < -0.4 is 10.6 Å². The first-order chi connectivity index (χ1) is 10.6. The van der Waals surface area contributed by atoms with E-state index in [2.05, 4.69) is 27.7 Å². The van der Waals surface area contributed by atoms with E-state index in [1.165, 1.54) is 5.56 Å². The van der Waals surface area contributed by atoms with Crippen LogP contribution in [0.1, 0.15) is 24.0 Å². The fourth-order valence-electron chi connectivity index (χ4n) is 2.90. The van der Waals surface area contributed by atoms with Gasteiger partial charge in [-0.05, 0) is 51.2 Å². The molecule has 2 rings (SSSR count). The van der Waals surface area contributed by atoms with E-state index in [0.29, 0.717) is 6.54 Å². The zero-order chi connectivity index (χ0) is 16.0. The largest absolute Gasteiger partial charge is 0.368 e. The highest BCUT2D eigenvalue weighted by Crippen LogP contribution is 2.22. The molecule has 0 bridgehead atoms. The summed E-state index contributed by atoms with van der Waals surface area (Å²) in [6, 6.07) is 8.33. The van der Waals surface area contributed by atoms with Gasteiger partial charge in [-0.25, -0.2) is 0 Å². The van der Waals surface area contributed by atoms with E-state index in [-0.39, 0.29) is 30.7 Å². The Morgan fingerprint density at radius 2 is 1.88 bits per heavy atom. The quantitative estimate of drug-likeness (QED) is 0.795. The number of hydrogen-bond acceptors (Lipinski definition) is 4. The van der Waals surface area contributed by atoms with Gasteiger partial charge in [0.1, 0.15) is 5.60 Å². The Morgan fingerprint density at radius 3 is 2.46 bits per heavy atom. The van der Waals surface area contributed by atoms with Gasteiger partial charge in [0.15, 0.2) is 0 Å². The Hall–Kier alpha value is -0.850. The van der Waals surface area contributed by atoms with Gasteiger partial charge in [-0.3, -0.25) is 4.79 Å². The maximum absolute atomic E-state index is 12.5. The maximum atomic E-state index is 12.5. The van der Waals surface area contributed by atoms with Gasteiger partial charge < -0.3 is 20.3 Å². The van der Waals surface area contributed by atoms with Crippen LogP contribution in [0.3, 0.4) is 0 Å². The summed E-state index contributed by atoms with van der Waals surface area (Å²) in [5.74, 6) is -0.00508. The molecular weight excluding hydrogens is 349 g/mol. The second-order valence-corrected chi connectivity index (χ2v) is 6.19. The van der Waals surface area contributed by atoms with Crippen molar-refractivity contribution < 1.29 is 9.53 Å². The van der Waals surface area contributed by atoms with Crippen molar-refractivity contribution in [3.63, 3.8) is 0 Å². The Labute approximate surface area is 157 Å². The van der Waals surface area contributed by atoms with E-state index >= 15 is 0 Å². The van der Waals surface area contributed by atoms with Crippen molar-refractivity contribution in [2.24, 2.45) is 0 Å². The molecule has 0 radical (unpaired) electrons. The fourth-order valence-corrected chi connectivity index (χ4v) is 2.90. The summed E-state index contributed by atoms with van der Waals surface area (Å²) in [5, 5.41) is 6.30. The minimum atomic E-state index is -0.674. The number of piperidine rings is 1. The predicted octanol–water partition coefficient (Wildman–Crippen LogP) is 1.98. The van der Waals surface area contributed by atoms with Gasteiger partial charge in [0.2, 0.25) is 0 Å².